The molecule has 182 valence electrons. The minimum absolute atomic E-state index is 0.837. The fourth-order valence-corrected chi connectivity index (χ4v) is 4.12. The number of pyridine rings is 1. The number of aromatic amines is 1. The topological polar surface area (TPSA) is 66.0 Å². The van der Waals surface area contributed by atoms with Crippen molar-refractivity contribution < 1.29 is 0 Å². The number of aryl methyl sites for hydroxylation is 1. The lowest BCUT2D eigenvalue weighted by Crippen LogP contribution is -2.08. The Bertz CT molecular complexity index is 1370. The molecule has 0 amide bonds. The largest absolute Gasteiger partial charge is 0.319 e. The number of nitrogens with one attached hydrogen (secondary N) is 2. The van der Waals surface area contributed by atoms with Crippen LogP contribution in [-0.4, -0.2) is 35.0 Å². The highest BCUT2D eigenvalue weighted by atomic mass is 15.1. The predicted octanol–water partition coefficient (Wildman–Crippen LogP) is 6.61. The average molecular weight is 476 g/mol. The fraction of sp³-hybridized carbons (Fsp3) is 0.194. The van der Waals surface area contributed by atoms with E-state index in [4.69, 9.17) is 0 Å². The van der Waals surface area contributed by atoms with Crippen LogP contribution in [-0.2, 0) is 0 Å². The van der Waals surface area contributed by atoms with E-state index in [1.54, 1.807) is 0 Å². The normalized spacial score (nSPS) is 20.6. The van der Waals surface area contributed by atoms with E-state index < -0.39 is 0 Å². The number of hydrogen-bond donors (Lipinski definition) is 2. The van der Waals surface area contributed by atoms with Crippen LogP contribution in [0.3, 0.4) is 0 Å². The van der Waals surface area contributed by atoms with E-state index in [1.807, 2.05) is 50.8 Å². The highest BCUT2D eigenvalue weighted by Gasteiger charge is 2.13. The number of allylic oxidation sites excluding steroid dienone is 13. The van der Waals surface area contributed by atoms with Crippen molar-refractivity contribution in [2.24, 2.45) is 4.99 Å². The summed E-state index contributed by atoms with van der Waals surface area (Å²) in [7, 11) is 1.98. The summed E-state index contributed by atoms with van der Waals surface area (Å²) in [5.74, 6) is 0. The van der Waals surface area contributed by atoms with Crippen LogP contribution in [0.2, 0.25) is 0 Å². The van der Waals surface area contributed by atoms with Gasteiger partial charge in [-0.15, -0.1) is 0 Å². The van der Waals surface area contributed by atoms with Crippen molar-refractivity contribution in [3.63, 3.8) is 0 Å². The van der Waals surface area contributed by atoms with E-state index in [-0.39, 0.29) is 0 Å². The molecule has 5 heteroatoms. The van der Waals surface area contributed by atoms with Crippen LogP contribution < -0.4 is 5.32 Å². The Kier molecular flexibility index (Phi) is 8.37. The van der Waals surface area contributed by atoms with Gasteiger partial charge in [0.25, 0.3) is 0 Å². The molecule has 0 aromatic carbocycles. The van der Waals surface area contributed by atoms with Gasteiger partial charge in [0.1, 0.15) is 5.69 Å². The third-order valence-corrected chi connectivity index (χ3v) is 6.18. The van der Waals surface area contributed by atoms with Gasteiger partial charge in [-0.05, 0) is 91.9 Å². The molecule has 2 aliphatic rings. The summed E-state index contributed by atoms with van der Waals surface area (Å²) in [4.78, 5) is 9.19. The predicted molar refractivity (Wildman–Crippen MR) is 152 cm³/mol. The molecule has 0 saturated heterocycles. The molecule has 2 aromatic rings. The highest BCUT2D eigenvalue weighted by Crippen LogP contribution is 2.29. The first-order chi connectivity index (χ1) is 17.6. The summed E-state index contributed by atoms with van der Waals surface area (Å²) >= 11 is 0. The lowest BCUT2D eigenvalue weighted by atomic mass is 9.95. The Hall–Kier alpha value is -4.09. The monoisotopic (exact) mass is 475 g/mol. The Morgan fingerprint density at radius 3 is 2.92 bits per heavy atom. The van der Waals surface area contributed by atoms with E-state index in [1.165, 1.54) is 5.57 Å². The van der Waals surface area contributed by atoms with Crippen molar-refractivity contribution in [2.45, 2.75) is 26.7 Å². The van der Waals surface area contributed by atoms with Crippen LogP contribution in [0, 0.1) is 6.92 Å². The molecule has 1 aliphatic heterocycles. The van der Waals surface area contributed by atoms with Crippen molar-refractivity contribution >= 4 is 11.8 Å². The Balaban J connectivity index is 1.57. The second kappa shape index (κ2) is 12.0. The molecule has 2 N–H and O–H groups in total. The maximum absolute atomic E-state index is 4.64. The van der Waals surface area contributed by atoms with E-state index in [2.05, 4.69) is 87.6 Å². The standard InChI is InChI=1S/C31H33N5/c1-5-25(28-15-13-24(16-17-32-4)19-33-20-28)18-27-10-7-9-26(14-12-22(27)2)29-21-34-36-31(29)30-11-6-8-23(3)35-30/h5-12,14-15,18-21,32H,2,13,16-17H2,1,3-4H3,(H,34,36)/b10-7+,14-12-,25-5+,26-9-,27-18-. The fourth-order valence-electron chi connectivity index (χ4n) is 4.12. The molecule has 0 unspecified atom stereocenters. The van der Waals surface area contributed by atoms with Crippen LogP contribution in [0.5, 0.6) is 0 Å². The molecule has 0 spiro atoms. The molecule has 2 aromatic heterocycles. The molecule has 0 radical (unpaired) electrons. The van der Waals surface area contributed by atoms with Crippen molar-refractivity contribution in [3.05, 3.63) is 125 Å². The first-order valence-corrected chi connectivity index (χ1v) is 12.3. The molecule has 0 atom stereocenters. The van der Waals surface area contributed by atoms with E-state index in [0.29, 0.717) is 0 Å². The number of aliphatic imine (C=N–C) groups is 1. The van der Waals surface area contributed by atoms with Crippen molar-refractivity contribution in [1.29, 1.82) is 0 Å². The number of H-pyrrole nitrogens is 1. The van der Waals surface area contributed by atoms with Crippen molar-refractivity contribution in [1.82, 2.24) is 20.5 Å². The molecular weight excluding hydrogens is 442 g/mol. The molecule has 0 bridgehead atoms. The zero-order valence-corrected chi connectivity index (χ0v) is 21.3. The smallest absolute Gasteiger partial charge is 0.118 e. The first-order valence-electron chi connectivity index (χ1n) is 12.3. The van der Waals surface area contributed by atoms with Crippen molar-refractivity contribution in [2.75, 3.05) is 13.6 Å². The van der Waals surface area contributed by atoms with Crippen LogP contribution >= 0.6 is 0 Å². The minimum atomic E-state index is 0.837. The van der Waals surface area contributed by atoms with Gasteiger partial charge < -0.3 is 5.32 Å². The molecule has 4 rings (SSSR count). The summed E-state index contributed by atoms with van der Waals surface area (Å²) in [6.07, 6.45) is 24.7. The second-order valence-electron chi connectivity index (χ2n) is 8.78. The molecule has 3 heterocycles. The van der Waals surface area contributed by atoms with E-state index >= 15 is 0 Å². The molecule has 0 saturated carbocycles. The van der Waals surface area contributed by atoms with Crippen LogP contribution in [0.4, 0.5) is 0 Å². The Morgan fingerprint density at radius 2 is 2.11 bits per heavy atom. The minimum Gasteiger partial charge on any atom is -0.319 e. The van der Waals surface area contributed by atoms with E-state index in [9.17, 15) is 0 Å². The summed E-state index contributed by atoms with van der Waals surface area (Å²) in [6.45, 7) is 9.34. The van der Waals surface area contributed by atoms with Gasteiger partial charge in [0.2, 0.25) is 0 Å². The van der Waals surface area contributed by atoms with Gasteiger partial charge in [-0.25, -0.2) is 0 Å². The second-order valence-corrected chi connectivity index (χ2v) is 8.78. The van der Waals surface area contributed by atoms with Crippen LogP contribution in [0.1, 0.15) is 31.0 Å². The number of aromatic nitrogens is 3. The summed E-state index contributed by atoms with van der Waals surface area (Å²) in [6, 6.07) is 5.98. The van der Waals surface area contributed by atoms with Gasteiger partial charge in [-0.3, -0.25) is 15.1 Å². The van der Waals surface area contributed by atoms with Gasteiger partial charge in [-0.2, -0.15) is 5.10 Å². The molecule has 0 fully saturated rings. The van der Waals surface area contributed by atoms with Gasteiger partial charge in [0.05, 0.1) is 5.69 Å². The molecule has 5 nitrogen and oxygen atoms in total. The van der Waals surface area contributed by atoms with Gasteiger partial charge in [-0.1, -0.05) is 55.2 Å². The Morgan fingerprint density at radius 1 is 1.22 bits per heavy atom. The third-order valence-electron chi connectivity index (χ3n) is 6.18. The molecule has 1 aliphatic carbocycles. The lowest BCUT2D eigenvalue weighted by molar-refractivity contribution is 0.774. The summed E-state index contributed by atoms with van der Waals surface area (Å²) in [5, 5.41) is 10.7. The van der Waals surface area contributed by atoms with Crippen LogP contribution in [0.25, 0.3) is 17.0 Å². The number of nitrogens with zero attached hydrogens (tertiary/aromatic N) is 3. The quantitative estimate of drug-likeness (QED) is 0.473. The van der Waals surface area contributed by atoms with Crippen molar-refractivity contribution in [3.8, 4) is 11.4 Å². The maximum Gasteiger partial charge on any atom is 0.118 e. The molecular formula is C31H33N5. The first kappa shape index (κ1) is 25.0. The highest BCUT2D eigenvalue weighted by molar-refractivity contribution is 5.87. The number of rotatable bonds is 7. The third kappa shape index (κ3) is 6.12. The van der Waals surface area contributed by atoms with Gasteiger partial charge in [0.15, 0.2) is 0 Å². The molecule has 36 heavy (non-hydrogen) atoms. The number of hydrogen-bond acceptors (Lipinski definition) is 4. The maximum atomic E-state index is 4.64. The summed E-state index contributed by atoms with van der Waals surface area (Å²) in [5.41, 5.74) is 10.3. The average Bonchev–Trinajstić information content (AvgIpc) is 3.24. The zero-order valence-electron chi connectivity index (χ0n) is 21.3. The zero-order chi connectivity index (χ0) is 25.3. The van der Waals surface area contributed by atoms with Gasteiger partial charge in [0, 0.05) is 29.9 Å². The van der Waals surface area contributed by atoms with Crippen LogP contribution in [0.15, 0.2) is 119 Å². The van der Waals surface area contributed by atoms with E-state index in [0.717, 1.165) is 69.9 Å². The van der Waals surface area contributed by atoms with Gasteiger partial charge >= 0.3 is 0 Å². The Labute approximate surface area is 213 Å². The SMILES string of the molecule is C=C1\C=C/C(c2c[nH]nc2-c2cccc(C)n2)=C/C=C/C1=C/C(=C\C)C1=CCC(CCNC)=CN=C1. The lowest BCUT2D eigenvalue weighted by Gasteiger charge is -2.10. The summed E-state index contributed by atoms with van der Waals surface area (Å²) < 4.78 is 0.